The highest BCUT2D eigenvalue weighted by Crippen LogP contribution is 2.34. The molecule has 212 valence electrons. The third-order valence-electron chi connectivity index (χ3n) is 7.94. The number of benzene rings is 1. The quantitative estimate of drug-likeness (QED) is 0.355. The highest BCUT2D eigenvalue weighted by atomic mass is 32.1. The van der Waals surface area contributed by atoms with Crippen LogP contribution < -0.4 is 5.32 Å². The van der Waals surface area contributed by atoms with Crippen LogP contribution in [0, 0.1) is 5.92 Å². The number of esters is 1. The van der Waals surface area contributed by atoms with Gasteiger partial charge in [-0.2, -0.15) is 0 Å². The summed E-state index contributed by atoms with van der Waals surface area (Å²) >= 11 is 1.57. The second-order valence-electron chi connectivity index (χ2n) is 10.7. The van der Waals surface area contributed by atoms with Gasteiger partial charge in [-0.05, 0) is 36.8 Å². The van der Waals surface area contributed by atoms with Crippen molar-refractivity contribution in [3.05, 3.63) is 52.9 Å². The van der Waals surface area contributed by atoms with Crippen LogP contribution in [0.3, 0.4) is 0 Å². The van der Waals surface area contributed by atoms with Gasteiger partial charge in [0.05, 0.1) is 41.3 Å². The second-order valence-corrected chi connectivity index (χ2v) is 11.6. The topological polar surface area (TPSA) is 91.8 Å². The van der Waals surface area contributed by atoms with E-state index in [2.05, 4.69) is 5.32 Å². The smallest absolute Gasteiger partial charge is 0.320 e. The van der Waals surface area contributed by atoms with Gasteiger partial charge < -0.3 is 15.0 Å². The van der Waals surface area contributed by atoms with Crippen molar-refractivity contribution in [1.82, 2.24) is 20.1 Å². The van der Waals surface area contributed by atoms with Crippen LogP contribution in [0.5, 0.6) is 0 Å². The molecule has 1 saturated carbocycles. The van der Waals surface area contributed by atoms with Crippen molar-refractivity contribution >= 4 is 40.0 Å². The van der Waals surface area contributed by atoms with E-state index in [4.69, 9.17) is 9.72 Å². The van der Waals surface area contributed by atoms with E-state index in [0.717, 1.165) is 33.5 Å². The number of nitrogens with one attached hydrogen (secondary N) is 1. The number of ether oxygens (including phenoxy) is 1. The number of hydrogen-bond acceptors (Lipinski definition) is 7. The SMILES string of the molecule is CCOC(=O)CN1CCN(Cc2c(-c3cccs3)nc3ccccc3c2C(=O)NCCC2CCCCC2)C(=O)C1. The van der Waals surface area contributed by atoms with E-state index in [0.29, 0.717) is 37.7 Å². The molecule has 3 heterocycles. The third kappa shape index (κ3) is 6.70. The van der Waals surface area contributed by atoms with Gasteiger partial charge >= 0.3 is 5.97 Å². The van der Waals surface area contributed by atoms with Gasteiger partial charge in [-0.3, -0.25) is 19.3 Å². The Labute approximate surface area is 239 Å². The summed E-state index contributed by atoms with van der Waals surface area (Å²) in [5.74, 6) is 0.155. The summed E-state index contributed by atoms with van der Waals surface area (Å²) in [6.07, 6.45) is 7.35. The van der Waals surface area contributed by atoms with Crippen LogP contribution >= 0.6 is 11.3 Å². The van der Waals surface area contributed by atoms with Crippen LogP contribution in [-0.4, -0.2) is 71.9 Å². The molecule has 2 fully saturated rings. The zero-order chi connectivity index (χ0) is 27.9. The molecule has 1 saturated heterocycles. The molecule has 1 aromatic carbocycles. The summed E-state index contributed by atoms with van der Waals surface area (Å²) in [5, 5.41) is 6.01. The molecule has 3 aromatic rings. The Morgan fingerprint density at radius 2 is 1.93 bits per heavy atom. The van der Waals surface area contributed by atoms with Gasteiger partial charge in [0.1, 0.15) is 0 Å². The lowest BCUT2D eigenvalue weighted by Crippen LogP contribution is -2.51. The molecule has 1 aliphatic carbocycles. The van der Waals surface area contributed by atoms with Gasteiger partial charge in [0.2, 0.25) is 5.91 Å². The Balaban J connectivity index is 1.43. The Kier molecular flexibility index (Phi) is 9.44. The predicted octanol–water partition coefficient (Wildman–Crippen LogP) is 4.87. The van der Waals surface area contributed by atoms with Crippen molar-refractivity contribution in [2.45, 2.75) is 52.0 Å². The molecule has 0 unspecified atom stereocenters. The van der Waals surface area contributed by atoms with Gasteiger partial charge in [-0.15, -0.1) is 11.3 Å². The lowest BCUT2D eigenvalue weighted by atomic mass is 9.87. The Hall–Kier alpha value is -3.30. The molecule has 0 atom stereocenters. The molecule has 8 nitrogen and oxygen atoms in total. The molecule has 2 amide bonds. The first-order valence-corrected chi connectivity index (χ1v) is 15.3. The average Bonchev–Trinajstić information content (AvgIpc) is 3.49. The van der Waals surface area contributed by atoms with Gasteiger partial charge in [-0.25, -0.2) is 4.98 Å². The first kappa shape index (κ1) is 28.2. The molecule has 1 N–H and O–H groups in total. The first-order chi connectivity index (χ1) is 19.5. The van der Waals surface area contributed by atoms with E-state index in [9.17, 15) is 14.4 Å². The van der Waals surface area contributed by atoms with Gasteiger partial charge in [0, 0.05) is 37.1 Å². The minimum atomic E-state index is -0.324. The molecule has 40 heavy (non-hydrogen) atoms. The number of amides is 2. The van der Waals surface area contributed by atoms with Gasteiger partial charge in [0.25, 0.3) is 5.91 Å². The van der Waals surface area contributed by atoms with Gasteiger partial charge in [-0.1, -0.05) is 56.4 Å². The summed E-state index contributed by atoms with van der Waals surface area (Å²) < 4.78 is 5.06. The number of carbonyl (C=O) groups excluding carboxylic acids is 3. The predicted molar refractivity (Wildman–Crippen MR) is 157 cm³/mol. The normalized spacial score (nSPS) is 16.8. The monoisotopic (exact) mass is 562 g/mol. The largest absolute Gasteiger partial charge is 0.465 e. The van der Waals surface area contributed by atoms with Crippen molar-refractivity contribution in [2.24, 2.45) is 5.92 Å². The number of aromatic nitrogens is 1. The van der Waals surface area contributed by atoms with Crippen LogP contribution in [0.25, 0.3) is 21.5 Å². The fraction of sp³-hybridized carbons (Fsp3) is 0.484. The summed E-state index contributed by atoms with van der Waals surface area (Å²) in [6.45, 7) is 4.26. The number of carbonyl (C=O) groups is 3. The van der Waals surface area contributed by atoms with Crippen molar-refractivity contribution < 1.29 is 19.1 Å². The molecule has 2 aromatic heterocycles. The highest BCUT2D eigenvalue weighted by molar-refractivity contribution is 7.13. The van der Waals surface area contributed by atoms with E-state index in [1.807, 2.05) is 46.7 Å². The van der Waals surface area contributed by atoms with Crippen molar-refractivity contribution in [1.29, 1.82) is 0 Å². The van der Waals surface area contributed by atoms with Crippen LogP contribution in [0.4, 0.5) is 0 Å². The summed E-state index contributed by atoms with van der Waals surface area (Å²) in [7, 11) is 0. The second kappa shape index (κ2) is 13.4. The summed E-state index contributed by atoms with van der Waals surface area (Å²) in [5.41, 5.74) is 2.87. The molecule has 0 radical (unpaired) electrons. The molecule has 1 aliphatic heterocycles. The number of thiophene rings is 1. The number of fused-ring (bicyclic) bond motifs is 1. The fourth-order valence-corrected chi connectivity index (χ4v) is 6.62. The third-order valence-corrected chi connectivity index (χ3v) is 8.82. The number of hydrogen-bond donors (Lipinski definition) is 1. The number of nitrogens with zero attached hydrogens (tertiary/aromatic N) is 3. The summed E-state index contributed by atoms with van der Waals surface area (Å²) in [4.78, 5) is 48.7. The Bertz CT molecular complexity index is 1340. The van der Waals surface area contributed by atoms with Crippen LogP contribution in [0.2, 0.25) is 0 Å². The molecule has 2 aliphatic rings. The standard InChI is InChI=1S/C31H38N4O4S/c1-2-39-28(37)21-34-16-17-35(27(36)20-34)19-24-29(31(38)32-15-14-22-9-4-3-5-10-22)23-11-6-7-12-25(23)33-30(24)26-13-8-18-40-26/h6-8,11-13,18,22H,2-5,9-10,14-17,19-21H2,1H3,(H,32,38). The lowest BCUT2D eigenvalue weighted by Gasteiger charge is -2.34. The minimum absolute atomic E-state index is 0.0792. The number of rotatable bonds is 10. The van der Waals surface area contributed by atoms with Gasteiger partial charge in [0.15, 0.2) is 0 Å². The minimum Gasteiger partial charge on any atom is -0.465 e. The fourth-order valence-electron chi connectivity index (χ4n) is 5.88. The average molecular weight is 563 g/mol. The molecular weight excluding hydrogens is 524 g/mol. The molecular formula is C31H38N4O4S. The Morgan fingerprint density at radius 1 is 1.10 bits per heavy atom. The maximum absolute atomic E-state index is 13.9. The number of pyridine rings is 1. The van der Waals surface area contributed by atoms with E-state index < -0.39 is 0 Å². The maximum Gasteiger partial charge on any atom is 0.320 e. The maximum atomic E-state index is 13.9. The highest BCUT2D eigenvalue weighted by Gasteiger charge is 2.29. The molecule has 9 heteroatoms. The van der Waals surface area contributed by atoms with Crippen molar-refractivity contribution in [3.63, 3.8) is 0 Å². The molecule has 5 rings (SSSR count). The van der Waals surface area contributed by atoms with E-state index in [-0.39, 0.29) is 37.4 Å². The van der Waals surface area contributed by atoms with E-state index in [1.54, 1.807) is 23.2 Å². The van der Waals surface area contributed by atoms with Crippen molar-refractivity contribution in [2.75, 3.05) is 39.3 Å². The van der Waals surface area contributed by atoms with E-state index in [1.165, 1.54) is 32.1 Å². The van der Waals surface area contributed by atoms with Crippen LogP contribution in [-0.2, 0) is 20.9 Å². The Morgan fingerprint density at radius 3 is 2.67 bits per heavy atom. The molecule has 0 spiro atoms. The lowest BCUT2D eigenvalue weighted by molar-refractivity contribution is -0.147. The zero-order valence-electron chi connectivity index (χ0n) is 23.2. The molecule has 0 bridgehead atoms. The zero-order valence-corrected chi connectivity index (χ0v) is 24.0. The van der Waals surface area contributed by atoms with E-state index >= 15 is 0 Å². The van der Waals surface area contributed by atoms with Crippen molar-refractivity contribution in [3.8, 4) is 10.6 Å². The van der Waals surface area contributed by atoms with Crippen LogP contribution in [0.1, 0.15) is 61.4 Å². The summed E-state index contributed by atoms with van der Waals surface area (Å²) in [6, 6.07) is 11.7. The van der Waals surface area contributed by atoms with Crippen LogP contribution in [0.15, 0.2) is 41.8 Å². The number of para-hydroxylation sites is 1. The first-order valence-electron chi connectivity index (χ1n) is 14.4. The number of piperazine rings is 1.